The molecule has 0 atom stereocenters. The number of hydrogen-bond acceptors (Lipinski definition) is 3. The molecule has 0 unspecified atom stereocenters. The Bertz CT molecular complexity index is 712. The van der Waals surface area contributed by atoms with E-state index in [1.165, 1.54) is 4.31 Å². The van der Waals surface area contributed by atoms with Gasteiger partial charge in [0.2, 0.25) is 5.91 Å². The first-order chi connectivity index (χ1) is 12.0. The fraction of sp³-hybridized carbons (Fsp3) is 0.588. The predicted molar refractivity (Wildman–Crippen MR) is 97.7 cm³/mol. The third-order valence-corrected chi connectivity index (χ3v) is 7.26. The fourth-order valence-electron chi connectivity index (χ4n) is 3.34. The predicted octanol–water partition coefficient (Wildman–Crippen LogP) is 1.76. The first-order valence-corrected chi connectivity index (χ1v) is 10.5. The van der Waals surface area contributed by atoms with Crippen molar-refractivity contribution in [2.75, 3.05) is 39.3 Å². The Balaban J connectivity index is 1.56. The van der Waals surface area contributed by atoms with Crippen molar-refractivity contribution in [2.45, 2.75) is 25.7 Å². The van der Waals surface area contributed by atoms with Crippen LogP contribution in [0.15, 0.2) is 24.3 Å². The van der Waals surface area contributed by atoms with E-state index < -0.39 is 10.2 Å². The number of piperazine rings is 1. The lowest BCUT2D eigenvalue weighted by atomic mass is 10.1. The van der Waals surface area contributed by atoms with Crippen molar-refractivity contribution < 1.29 is 13.2 Å². The molecule has 138 valence electrons. The van der Waals surface area contributed by atoms with Crippen LogP contribution >= 0.6 is 11.6 Å². The maximum absolute atomic E-state index is 12.7. The summed E-state index contributed by atoms with van der Waals surface area (Å²) in [7, 11) is -3.39. The lowest BCUT2D eigenvalue weighted by Gasteiger charge is -2.37. The van der Waals surface area contributed by atoms with Crippen molar-refractivity contribution >= 4 is 27.7 Å². The quantitative estimate of drug-likeness (QED) is 0.793. The van der Waals surface area contributed by atoms with E-state index in [4.69, 9.17) is 11.6 Å². The molecule has 0 saturated carbocycles. The first kappa shape index (κ1) is 18.6. The molecular weight excluding hydrogens is 362 g/mol. The van der Waals surface area contributed by atoms with Crippen LogP contribution in [0.5, 0.6) is 0 Å². The number of nitrogens with zero attached hydrogens (tertiary/aromatic N) is 3. The van der Waals surface area contributed by atoms with Gasteiger partial charge >= 0.3 is 0 Å². The summed E-state index contributed by atoms with van der Waals surface area (Å²) in [5, 5.41) is 0.585. The van der Waals surface area contributed by atoms with Gasteiger partial charge < -0.3 is 4.90 Å². The van der Waals surface area contributed by atoms with Crippen molar-refractivity contribution in [3.8, 4) is 0 Å². The number of carbonyl (C=O) groups excluding carboxylic acids is 1. The van der Waals surface area contributed by atoms with E-state index in [2.05, 4.69) is 0 Å². The molecule has 6 nitrogen and oxygen atoms in total. The van der Waals surface area contributed by atoms with E-state index in [0.29, 0.717) is 44.3 Å². The highest BCUT2D eigenvalue weighted by Crippen LogP contribution is 2.19. The van der Waals surface area contributed by atoms with Crippen molar-refractivity contribution in [1.82, 2.24) is 13.5 Å². The smallest absolute Gasteiger partial charge is 0.282 e. The Kier molecular flexibility index (Phi) is 5.99. The van der Waals surface area contributed by atoms with E-state index in [1.807, 2.05) is 18.2 Å². The van der Waals surface area contributed by atoms with E-state index >= 15 is 0 Å². The average Bonchev–Trinajstić information content (AvgIpc) is 2.64. The summed E-state index contributed by atoms with van der Waals surface area (Å²) in [6, 6.07) is 7.31. The minimum Gasteiger partial charge on any atom is -0.340 e. The molecule has 0 aromatic heterocycles. The molecule has 0 bridgehead atoms. The summed E-state index contributed by atoms with van der Waals surface area (Å²) in [6.45, 7) is 2.77. The number of carbonyl (C=O) groups is 1. The second-order valence-corrected chi connectivity index (χ2v) is 8.85. The van der Waals surface area contributed by atoms with Gasteiger partial charge in [-0.15, -0.1) is 0 Å². The molecule has 8 heteroatoms. The van der Waals surface area contributed by atoms with Crippen LogP contribution in [0.3, 0.4) is 0 Å². The van der Waals surface area contributed by atoms with Crippen LogP contribution in [0.2, 0.25) is 5.02 Å². The molecule has 0 aliphatic carbocycles. The fourth-order valence-corrected chi connectivity index (χ4v) is 5.22. The maximum Gasteiger partial charge on any atom is 0.282 e. The van der Waals surface area contributed by atoms with Crippen molar-refractivity contribution in [2.24, 2.45) is 0 Å². The second kappa shape index (κ2) is 8.03. The van der Waals surface area contributed by atoms with Gasteiger partial charge in [-0.25, -0.2) is 0 Å². The van der Waals surface area contributed by atoms with Gasteiger partial charge in [0.25, 0.3) is 10.2 Å². The zero-order valence-corrected chi connectivity index (χ0v) is 15.8. The van der Waals surface area contributed by atoms with Crippen LogP contribution in [-0.2, 0) is 21.4 Å². The van der Waals surface area contributed by atoms with E-state index in [1.54, 1.807) is 15.3 Å². The van der Waals surface area contributed by atoms with Gasteiger partial charge in [0.05, 0.1) is 6.42 Å². The molecule has 1 amide bonds. The van der Waals surface area contributed by atoms with Crippen LogP contribution in [0.1, 0.15) is 24.8 Å². The van der Waals surface area contributed by atoms with Crippen LogP contribution in [0.25, 0.3) is 0 Å². The molecule has 0 N–H and O–H groups in total. The number of piperidine rings is 1. The van der Waals surface area contributed by atoms with Gasteiger partial charge in [-0.05, 0) is 24.5 Å². The van der Waals surface area contributed by atoms with Crippen LogP contribution in [0.4, 0.5) is 0 Å². The summed E-state index contributed by atoms with van der Waals surface area (Å²) in [5.74, 6) is -0.0110. The summed E-state index contributed by atoms with van der Waals surface area (Å²) in [5.41, 5.74) is 0.803. The number of hydrogen-bond donors (Lipinski definition) is 0. The van der Waals surface area contributed by atoms with E-state index in [-0.39, 0.29) is 12.3 Å². The van der Waals surface area contributed by atoms with E-state index in [0.717, 1.165) is 24.8 Å². The number of benzene rings is 1. The molecule has 1 aromatic carbocycles. The monoisotopic (exact) mass is 385 g/mol. The summed E-state index contributed by atoms with van der Waals surface area (Å²) >= 11 is 6.11. The van der Waals surface area contributed by atoms with Crippen molar-refractivity contribution in [3.05, 3.63) is 34.9 Å². The summed E-state index contributed by atoms with van der Waals surface area (Å²) in [6.07, 6.45) is 3.19. The highest BCUT2D eigenvalue weighted by atomic mass is 35.5. The molecule has 25 heavy (non-hydrogen) atoms. The molecule has 2 aliphatic rings. The standard InChI is InChI=1S/C17H24ClN3O3S/c18-16-7-3-2-6-15(16)14-17(22)19-10-12-21(13-11-19)25(23,24)20-8-4-1-5-9-20/h2-3,6-7H,1,4-5,8-14H2. The number of amides is 1. The molecule has 2 heterocycles. The van der Waals surface area contributed by atoms with Gasteiger partial charge in [-0.2, -0.15) is 17.0 Å². The maximum atomic E-state index is 12.7. The Labute approximate surface area is 154 Å². The molecule has 1 aromatic rings. The lowest BCUT2D eigenvalue weighted by Crippen LogP contribution is -2.55. The minimum absolute atomic E-state index is 0.0110. The molecule has 0 radical (unpaired) electrons. The SMILES string of the molecule is O=C(Cc1ccccc1Cl)N1CCN(S(=O)(=O)N2CCCCC2)CC1. The largest absolute Gasteiger partial charge is 0.340 e. The number of halogens is 1. The van der Waals surface area contributed by atoms with Gasteiger partial charge in [0.15, 0.2) is 0 Å². The van der Waals surface area contributed by atoms with Gasteiger partial charge in [-0.1, -0.05) is 36.2 Å². The molecule has 2 fully saturated rings. The Hall–Kier alpha value is -1.15. The zero-order valence-electron chi connectivity index (χ0n) is 14.2. The third-order valence-electron chi connectivity index (χ3n) is 4.86. The zero-order chi connectivity index (χ0) is 17.9. The highest BCUT2D eigenvalue weighted by Gasteiger charge is 2.33. The van der Waals surface area contributed by atoms with Crippen LogP contribution in [-0.4, -0.2) is 67.1 Å². The van der Waals surface area contributed by atoms with Crippen molar-refractivity contribution in [1.29, 1.82) is 0 Å². The van der Waals surface area contributed by atoms with Crippen LogP contribution in [0, 0.1) is 0 Å². The minimum atomic E-state index is -3.39. The Morgan fingerprint density at radius 1 is 0.920 bits per heavy atom. The van der Waals surface area contributed by atoms with E-state index in [9.17, 15) is 13.2 Å². The van der Waals surface area contributed by atoms with Gasteiger partial charge in [-0.3, -0.25) is 4.79 Å². The lowest BCUT2D eigenvalue weighted by molar-refractivity contribution is -0.131. The first-order valence-electron chi connectivity index (χ1n) is 8.75. The summed E-state index contributed by atoms with van der Waals surface area (Å²) < 4.78 is 28.5. The second-order valence-electron chi connectivity index (χ2n) is 6.52. The van der Waals surface area contributed by atoms with Gasteiger partial charge in [0.1, 0.15) is 0 Å². The molecule has 0 spiro atoms. The molecular formula is C17H24ClN3O3S. The molecule has 2 saturated heterocycles. The van der Waals surface area contributed by atoms with Crippen molar-refractivity contribution in [3.63, 3.8) is 0 Å². The number of rotatable bonds is 4. The topological polar surface area (TPSA) is 60.9 Å². The normalized spacial score (nSPS) is 20.6. The third kappa shape index (κ3) is 4.34. The van der Waals surface area contributed by atoms with Crippen LogP contribution < -0.4 is 0 Å². The molecule has 2 aliphatic heterocycles. The average molecular weight is 386 g/mol. The Morgan fingerprint density at radius 3 is 2.16 bits per heavy atom. The Morgan fingerprint density at radius 2 is 1.52 bits per heavy atom. The summed E-state index contributed by atoms with van der Waals surface area (Å²) in [4.78, 5) is 14.2. The highest BCUT2D eigenvalue weighted by molar-refractivity contribution is 7.86. The molecule has 3 rings (SSSR count). The van der Waals surface area contributed by atoms with Gasteiger partial charge in [0, 0.05) is 44.3 Å².